The molecule has 0 N–H and O–H groups in total. The summed E-state index contributed by atoms with van der Waals surface area (Å²) in [4.78, 5) is 34.1. The molecular formula is C24H19ClN2O3. The molecule has 5 nitrogen and oxygen atoms in total. The first kappa shape index (κ1) is 18.9. The van der Waals surface area contributed by atoms with Crippen LogP contribution in [0, 0.1) is 12.8 Å². The molecule has 5 rings (SSSR count). The number of aryl methyl sites for hydroxylation is 1. The lowest BCUT2D eigenvalue weighted by Crippen LogP contribution is -2.37. The van der Waals surface area contributed by atoms with Crippen LogP contribution in [0.15, 0.2) is 78.9 Å². The van der Waals surface area contributed by atoms with E-state index in [1.165, 1.54) is 4.90 Å². The van der Waals surface area contributed by atoms with Crippen molar-refractivity contribution < 1.29 is 14.4 Å². The maximum absolute atomic E-state index is 13.5. The van der Waals surface area contributed by atoms with Crippen molar-refractivity contribution in [3.05, 3.63) is 95.0 Å². The van der Waals surface area contributed by atoms with Gasteiger partial charge in [0, 0.05) is 5.02 Å². The Labute approximate surface area is 179 Å². The van der Waals surface area contributed by atoms with Crippen LogP contribution in [0.4, 0.5) is 11.4 Å². The highest BCUT2D eigenvalue weighted by molar-refractivity contribution is 6.30. The summed E-state index contributed by atoms with van der Waals surface area (Å²) in [5.41, 5.74) is 3.27. The van der Waals surface area contributed by atoms with E-state index in [-0.39, 0.29) is 11.8 Å². The fraction of sp³-hybridized carbons (Fsp3) is 0.167. The molecule has 2 heterocycles. The standard InChI is InChI=1S/C24H19ClN2O3/c1-15-7-13-18(14-8-15)26-23(28)20-21(16-9-11-17(25)12-10-16)27(30-22(20)24(26)29)19-5-3-2-4-6-19/h2-14,20-22H,1H3/t20-,21+,22+/m1/s1. The molecule has 0 spiro atoms. The molecule has 6 heteroatoms. The predicted molar refractivity (Wildman–Crippen MR) is 115 cm³/mol. The summed E-state index contributed by atoms with van der Waals surface area (Å²) in [6, 6.07) is 23.7. The number of halogens is 1. The number of para-hydroxylation sites is 1. The minimum absolute atomic E-state index is 0.257. The van der Waals surface area contributed by atoms with Crippen LogP contribution in [0.25, 0.3) is 0 Å². The Balaban J connectivity index is 1.58. The van der Waals surface area contributed by atoms with E-state index >= 15 is 0 Å². The van der Waals surface area contributed by atoms with Crippen LogP contribution in [0.3, 0.4) is 0 Å². The van der Waals surface area contributed by atoms with Gasteiger partial charge in [0.05, 0.1) is 17.4 Å². The smallest absolute Gasteiger partial charge is 0.266 e. The van der Waals surface area contributed by atoms with Gasteiger partial charge in [-0.1, -0.05) is 59.6 Å². The van der Waals surface area contributed by atoms with E-state index in [1.54, 1.807) is 29.3 Å². The monoisotopic (exact) mass is 418 g/mol. The lowest BCUT2D eigenvalue weighted by molar-refractivity contribution is -0.126. The van der Waals surface area contributed by atoms with Gasteiger partial charge in [0.25, 0.3) is 5.91 Å². The van der Waals surface area contributed by atoms with Crippen LogP contribution in [0.5, 0.6) is 0 Å². The Kier molecular flexibility index (Phi) is 4.57. The van der Waals surface area contributed by atoms with E-state index < -0.39 is 18.1 Å². The third-order valence-electron chi connectivity index (χ3n) is 5.63. The fourth-order valence-electron chi connectivity index (χ4n) is 4.16. The first-order chi connectivity index (χ1) is 14.5. The first-order valence-corrected chi connectivity index (χ1v) is 10.1. The van der Waals surface area contributed by atoms with E-state index in [4.69, 9.17) is 16.4 Å². The Morgan fingerprint density at radius 3 is 2.13 bits per heavy atom. The third kappa shape index (κ3) is 2.98. The number of benzene rings is 3. The van der Waals surface area contributed by atoms with Crippen molar-refractivity contribution in [2.75, 3.05) is 9.96 Å². The number of carbonyl (C=O) groups is 2. The summed E-state index contributed by atoms with van der Waals surface area (Å²) in [5.74, 6) is -1.25. The van der Waals surface area contributed by atoms with Crippen LogP contribution in [0.1, 0.15) is 17.2 Å². The number of nitrogens with zero attached hydrogens (tertiary/aromatic N) is 2. The molecule has 2 amide bonds. The summed E-state index contributed by atoms with van der Waals surface area (Å²) in [7, 11) is 0. The lowest BCUT2D eigenvalue weighted by Gasteiger charge is -2.28. The zero-order chi connectivity index (χ0) is 20.8. The number of rotatable bonds is 3. The van der Waals surface area contributed by atoms with Gasteiger partial charge in [-0.15, -0.1) is 0 Å². The molecule has 3 atom stereocenters. The number of hydrogen-bond acceptors (Lipinski definition) is 4. The third-order valence-corrected chi connectivity index (χ3v) is 5.88. The molecule has 0 radical (unpaired) electrons. The molecule has 2 saturated heterocycles. The van der Waals surface area contributed by atoms with Crippen LogP contribution in [0.2, 0.25) is 5.02 Å². The summed E-state index contributed by atoms with van der Waals surface area (Å²) in [5, 5.41) is 2.29. The second-order valence-corrected chi connectivity index (χ2v) is 7.99. The summed E-state index contributed by atoms with van der Waals surface area (Å²) in [6.07, 6.45) is -0.875. The minimum Gasteiger partial charge on any atom is -0.273 e. The van der Waals surface area contributed by atoms with Crippen molar-refractivity contribution >= 4 is 34.8 Å². The largest absolute Gasteiger partial charge is 0.273 e. The summed E-state index contributed by atoms with van der Waals surface area (Å²) in [6.45, 7) is 1.96. The molecule has 2 aliphatic rings. The normalized spacial score (nSPS) is 23.2. The zero-order valence-corrected chi connectivity index (χ0v) is 17.0. The van der Waals surface area contributed by atoms with Gasteiger partial charge in [0.2, 0.25) is 5.91 Å². The highest BCUT2D eigenvalue weighted by Crippen LogP contribution is 2.47. The number of hydrogen-bond donors (Lipinski definition) is 0. The average Bonchev–Trinajstić information content (AvgIpc) is 3.27. The van der Waals surface area contributed by atoms with Crippen molar-refractivity contribution in [3.8, 4) is 0 Å². The summed E-state index contributed by atoms with van der Waals surface area (Å²) >= 11 is 6.08. The van der Waals surface area contributed by atoms with Crippen LogP contribution in [-0.4, -0.2) is 17.9 Å². The quantitative estimate of drug-likeness (QED) is 0.578. The number of fused-ring (bicyclic) bond motifs is 1. The SMILES string of the molecule is Cc1ccc(N2C(=O)[C@H]3[C@H](ON(c4ccccc4)[C@H]3c3ccc(Cl)cc3)C2=O)cc1. The Morgan fingerprint density at radius 1 is 0.800 bits per heavy atom. The molecule has 150 valence electrons. The topological polar surface area (TPSA) is 49.9 Å². The lowest BCUT2D eigenvalue weighted by atomic mass is 9.90. The van der Waals surface area contributed by atoms with E-state index in [1.807, 2.05) is 61.5 Å². The number of carbonyl (C=O) groups excluding carboxylic acids is 2. The fourth-order valence-corrected chi connectivity index (χ4v) is 4.29. The molecule has 0 unspecified atom stereocenters. The molecule has 0 aromatic heterocycles. The van der Waals surface area contributed by atoms with Crippen molar-refractivity contribution in [1.29, 1.82) is 0 Å². The van der Waals surface area contributed by atoms with Crippen molar-refractivity contribution in [3.63, 3.8) is 0 Å². The molecule has 30 heavy (non-hydrogen) atoms. The second-order valence-electron chi connectivity index (χ2n) is 7.56. The number of amides is 2. The second kappa shape index (κ2) is 7.27. The van der Waals surface area contributed by atoms with Gasteiger partial charge in [-0.2, -0.15) is 0 Å². The van der Waals surface area contributed by atoms with Crippen molar-refractivity contribution in [2.45, 2.75) is 19.1 Å². The molecule has 3 aromatic carbocycles. The highest BCUT2D eigenvalue weighted by Gasteiger charge is 2.60. The van der Waals surface area contributed by atoms with E-state index in [0.29, 0.717) is 10.7 Å². The summed E-state index contributed by atoms with van der Waals surface area (Å²) < 4.78 is 0. The average molecular weight is 419 g/mol. The van der Waals surface area contributed by atoms with Gasteiger partial charge < -0.3 is 0 Å². The van der Waals surface area contributed by atoms with Gasteiger partial charge in [-0.05, 0) is 48.9 Å². The maximum Gasteiger partial charge on any atom is 0.266 e. The Bertz CT molecular complexity index is 1100. The highest BCUT2D eigenvalue weighted by atomic mass is 35.5. The number of anilines is 2. The minimum atomic E-state index is -0.875. The van der Waals surface area contributed by atoms with E-state index in [9.17, 15) is 9.59 Å². The molecule has 2 aliphatic heterocycles. The molecule has 0 saturated carbocycles. The Hall–Kier alpha value is -3.15. The van der Waals surface area contributed by atoms with Gasteiger partial charge in [0.15, 0.2) is 6.10 Å². The first-order valence-electron chi connectivity index (χ1n) is 9.75. The predicted octanol–water partition coefficient (Wildman–Crippen LogP) is 4.70. The number of imide groups is 1. The molecule has 0 aliphatic carbocycles. The van der Waals surface area contributed by atoms with Gasteiger partial charge in [-0.25, -0.2) is 9.96 Å². The number of hydroxylamine groups is 1. The van der Waals surface area contributed by atoms with E-state index in [2.05, 4.69) is 0 Å². The Morgan fingerprint density at radius 2 is 1.47 bits per heavy atom. The van der Waals surface area contributed by atoms with Crippen molar-refractivity contribution in [2.24, 2.45) is 5.92 Å². The molecule has 3 aromatic rings. The van der Waals surface area contributed by atoms with Gasteiger partial charge in [0.1, 0.15) is 5.92 Å². The van der Waals surface area contributed by atoms with E-state index in [0.717, 1.165) is 16.8 Å². The van der Waals surface area contributed by atoms with Gasteiger partial charge >= 0.3 is 0 Å². The van der Waals surface area contributed by atoms with Crippen molar-refractivity contribution in [1.82, 2.24) is 0 Å². The van der Waals surface area contributed by atoms with Crippen LogP contribution in [-0.2, 0) is 14.4 Å². The molecule has 2 fully saturated rings. The zero-order valence-electron chi connectivity index (χ0n) is 16.2. The van der Waals surface area contributed by atoms with Crippen LogP contribution < -0.4 is 9.96 Å². The molecule has 0 bridgehead atoms. The van der Waals surface area contributed by atoms with Gasteiger partial charge in [-0.3, -0.25) is 14.4 Å². The molecular weight excluding hydrogens is 400 g/mol. The maximum atomic E-state index is 13.5. The van der Waals surface area contributed by atoms with Crippen LogP contribution >= 0.6 is 11.6 Å².